The van der Waals surface area contributed by atoms with Crippen molar-refractivity contribution in [1.82, 2.24) is 4.90 Å². The average Bonchev–Trinajstić information content (AvgIpc) is 2.73. The topological polar surface area (TPSA) is 23.5 Å². The van der Waals surface area contributed by atoms with E-state index in [2.05, 4.69) is 41.9 Å². The van der Waals surface area contributed by atoms with Crippen LogP contribution in [0.1, 0.15) is 56.6 Å². The van der Waals surface area contributed by atoms with E-state index >= 15 is 0 Å². The van der Waals surface area contributed by atoms with Gasteiger partial charge in [0.15, 0.2) is 0 Å². The van der Waals surface area contributed by atoms with Gasteiger partial charge in [-0.1, -0.05) is 43.7 Å². The van der Waals surface area contributed by atoms with Crippen LogP contribution in [0.15, 0.2) is 24.3 Å². The minimum Gasteiger partial charge on any atom is -0.395 e. The van der Waals surface area contributed by atoms with Crippen molar-refractivity contribution in [2.45, 2.75) is 58.0 Å². The molecule has 0 saturated carbocycles. The van der Waals surface area contributed by atoms with Gasteiger partial charge in [0.05, 0.1) is 6.61 Å². The Labute approximate surface area is 129 Å². The van der Waals surface area contributed by atoms with Crippen LogP contribution in [0, 0.1) is 11.8 Å². The van der Waals surface area contributed by atoms with E-state index in [0.717, 1.165) is 18.2 Å². The van der Waals surface area contributed by atoms with Gasteiger partial charge in [-0.25, -0.2) is 0 Å². The van der Waals surface area contributed by atoms with Crippen molar-refractivity contribution in [3.8, 4) is 11.8 Å². The van der Waals surface area contributed by atoms with E-state index < -0.39 is 0 Å². The van der Waals surface area contributed by atoms with Crippen LogP contribution in [0.3, 0.4) is 0 Å². The molecule has 2 nitrogen and oxygen atoms in total. The van der Waals surface area contributed by atoms with E-state index in [0.29, 0.717) is 6.42 Å². The number of hydrogen-bond donors (Lipinski definition) is 1. The maximum Gasteiger partial charge on any atom is 0.0540 e. The number of likely N-dealkylation sites (tertiary alicyclic amines) is 1. The highest BCUT2D eigenvalue weighted by atomic mass is 16.2. The first kappa shape index (κ1) is 16.1. The summed E-state index contributed by atoms with van der Waals surface area (Å²) < 4.78 is 0. The van der Waals surface area contributed by atoms with Crippen molar-refractivity contribution in [2.24, 2.45) is 0 Å². The molecule has 1 unspecified atom stereocenters. The van der Waals surface area contributed by atoms with Gasteiger partial charge >= 0.3 is 0 Å². The number of aliphatic hydroxyl groups excluding tert-OH is 1. The van der Waals surface area contributed by atoms with Crippen molar-refractivity contribution in [3.63, 3.8) is 0 Å². The molecule has 1 atom stereocenters. The van der Waals surface area contributed by atoms with Gasteiger partial charge < -0.3 is 5.11 Å². The van der Waals surface area contributed by atoms with Crippen LogP contribution >= 0.6 is 0 Å². The lowest BCUT2D eigenvalue weighted by Crippen LogP contribution is -2.33. The van der Waals surface area contributed by atoms with E-state index in [1.165, 1.54) is 44.2 Å². The number of benzene rings is 1. The SMILES string of the molecule is CCC1CCCCCN1Cc1cccc(C#CCCO)c1. The average molecular weight is 285 g/mol. The summed E-state index contributed by atoms with van der Waals surface area (Å²) in [6, 6.07) is 9.28. The minimum absolute atomic E-state index is 0.138. The summed E-state index contributed by atoms with van der Waals surface area (Å²) in [5.41, 5.74) is 2.41. The monoisotopic (exact) mass is 285 g/mol. The van der Waals surface area contributed by atoms with Crippen LogP contribution in [0.2, 0.25) is 0 Å². The largest absolute Gasteiger partial charge is 0.395 e. The summed E-state index contributed by atoms with van der Waals surface area (Å²) in [7, 11) is 0. The third-order valence-electron chi connectivity index (χ3n) is 4.25. The molecule has 2 rings (SSSR count). The zero-order chi connectivity index (χ0) is 14.9. The molecule has 0 spiro atoms. The maximum absolute atomic E-state index is 8.79. The highest BCUT2D eigenvalue weighted by Gasteiger charge is 2.19. The molecule has 1 saturated heterocycles. The van der Waals surface area contributed by atoms with Crippen molar-refractivity contribution in [2.75, 3.05) is 13.2 Å². The first-order chi connectivity index (χ1) is 10.3. The summed E-state index contributed by atoms with van der Waals surface area (Å²) >= 11 is 0. The molecule has 1 aliphatic heterocycles. The second kappa shape index (κ2) is 8.87. The van der Waals surface area contributed by atoms with Crippen molar-refractivity contribution < 1.29 is 5.11 Å². The smallest absolute Gasteiger partial charge is 0.0540 e. The van der Waals surface area contributed by atoms with Crippen LogP contribution in [-0.4, -0.2) is 29.2 Å². The lowest BCUT2D eigenvalue weighted by atomic mass is 10.1. The van der Waals surface area contributed by atoms with E-state index in [9.17, 15) is 0 Å². The van der Waals surface area contributed by atoms with E-state index in [-0.39, 0.29) is 6.61 Å². The third kappa shape index (κ3) is 5.19. The molecule has 1 N–H and O–H groups in total. The Bertz CT molecular complexity index is 486. The molecule has 1 aromatic carbocycles. The van der Waals surface area contributed by atoms with Gasteiger partial charge in [0.25, 0.3) is 0 Å². The molecule has 21 heavy (non-hydrogen) atoms. The molecular formula is C19H27NO. The number of aliphatic hydroxyl groups is 1. The van der Waals surface area contributed by atoms with Crippen molar-refractivity contribution in [3.05, 3.63) is 35.4 Å². The van der Waals surface area contributed by atoms with Gasteiger partial charge in [0, 0.05) is 24.6 Å². The van der Waals surface area contributed by atoms with Gasteiger partial charge in [-0.15, -0.1) is 0 Å². The zero-order valence-corrected chi connectivity index (χ0v) is 13.1. The summed E-state index contributed by atoms with van der Waals surface area (Å²) in [5, 5.41) is 8.79. The molecule has 1 fully saturated rings. The van der Waals surface area contributed by atoms with E-state index in [1.807, 2.05) is 6.07 Å². The van der Waals surface area contributed by atoms with E-state index in [1.54, 1.807) is 0 Å². The molecule has 1 aliphatic rings. The number of rotatable bonds is 4. The Morgan fingerprint density at radius 1 is 1.29 bits per heavy atom. The summed E-state index contributed by atoms with van der Waals surface area (Å²) in [6.07, 6.45) is 7.21. The Balaban J connectivity index is 2.04. The molecule has 2 heteroatoms. The fourth-order valence-corrected chi connectivity index (χ4v) is 3.11. The Morgan fingerprint density at radius 2 is 2.19 bits per heavy atom. The third-order valence-corrected chi connectivity index (χ3v) is 4.25. The van der Waals surface area contributed by atoms with Crippen LogP contribution in [0.4, 0.5) is 0 Å². The molecular weight excluding hydrogens is 258 g/mol. The molecule has 0 radical (unpaired) electrons. The van der Waals surface area contributed by atoms with Crippen LogP contribution in [0.5, 0.6) is 0 Å². The first-order valence-corrected chi connectivity index (χ1v) is 8.26. The molecule has 0 bridgehead atoms. The Kier molecular flexibility index (Phi) is 6.79. The summed E-state index contributed by atoms with van der Waals surface area (Å²) in [6.45, 7) is 4.70. The molecule has 1 heterocycles. The lowest BCUT2D eigenvalue weighted by Gasteiger charge is -2.29. The Hall–Kier alpha value is -1.30. The Morgan fingerprint density at radius 3 is 3.00 bits per heavy atom. The van der Waals surface area contributed by atoms with Gasteiger partial charge in [-0.3, -0.25) is 4.90 Å². The first-order valence-electron chi connectivity index (χ1n) is 8.26. The summed E-state index contributed by atoms with van der Waals surface area (Å²) in [4.78, 5) is 2.65. The fraction of sp³-hybridized carbons (Fsp3) is 0.579. The van der Waals surface area contributed by atoms with Gasteiger partial charge in [-0.05, 0) is 43.5 Å². The number of hydrogen-bond acceptors (Lipinski definition) is 2. The molecule has 0 aliphatic carbocycles. The predicted molar refractivity (Wildman–Crippen MR) is 88.0 cm³/mol. The minimum atomic E-state index is 0.138. The van der Waals surface area contributed by atoms with Gasteiger partial charge in [0.1, 0.15) is 0 Å². The van der Waals surface area contributed by atoms with Gasteiger partial charge in [0.2, 0.25) is 0 Å². The standard InChI is InChI=1S/C19H27NO/c1-2-19-12-4-3-6-13-20(19)16-18-11-8-10-17(15-18)9-5-7-14-21/h8,10-11,15,19,21H,2-4,6-7,12-14,16H2,1H3. The van der Waals surface area contributed by atoms with Gasteiger partial charge in [-0.2, -0.15) is 0 Å². The van der Waals surface area contributed by atoms with E-state index in [4.69, 9.17) is 5.11 Å². The molecule has 0 amide bonds. The maximum atomic E-state index is 8.79. The predicted octanol–water partition coefficient (Wildman–Crippen LogP) is 3.58. The summed E-state index contributed by atoms with van der Waals surface area (Å²) in [5.74, 6) is 6.13. The number of nitrogens with zero attached hydrogens (tertiary/aromatic N) is 1. The normalized spacial score (nSPS) is 19.6. The quantitative estimate of drug-likeness (QED) is 0.855. The van der Waals surface area contributed by atoms with Crippen LogP contribution in [0.25, 0.3) is 0 Å². The fourth-order valence-electron chi connectivity index (χ4n) is 3.11. The highest BCUT2D eigenvalue weighted by molar-refractivity contribution is 5.37. The molecule has 114 valence electrons. The van der Waals surface area contributed by atoms with Crippen molar-refractivity contribution >= 4 is 0 Å². The second-order valence-electron chi connectivity index (χ2n) is 5.86. The zero-order valence-electron chi connectivity index (χ0n) is 13.1. The van der Waals surface area contributed by atoms with Crippen LogP contribution in [-0.2, 0) is 6.54 Å². The van der Waals surface area contributed by atoms with Crippen molar-refractivity contribution in [1.29, 1.82) is 0 Å². The lowest BCUT2D eigenvalue weighted by molar-refractivity contribution is 0.186. The molecule has 0 aromatic heterocycles. The molecule has 1 aromatic rings. The second-order valence-corrected chi connectivity index (χ2v) is 5.86. The highest BCUT2D eigenvalue weighted by Crippen LogP contribution is 2.21. The van der Waals surface area contributed by atoms with Crippen LogP contribution < -0.4 is 0 Å².